The number of aromatic amines is 1. The fraction of sp³-hybridized carbons (Fsp3) is 0.276. The van der Waals surface area contributed by atoms with Crippen molar-refractivity contribution in [1.29, 1.82) is 0 Å². The number of piperidine rings is 1. The summed E-state index contributed by atoms with van der Waals surface area (Å²) >= 11 is 0. The lowest BCUT2D eigenvalue weighted by Crippen LogP contribution is -2.50. The largest absolute Gasteiger partial charge is 0.347 e. The van der Waals surface area contributed by atoms with Gasteiger partial charge in [0.15, 0.2) is 0 Å². The first kappa shape index (κ1) is 23.8. The van der Waals surface area contributed by atoms with Crippen LogP contribution in [0.4, 0.5) is 0 Å². The molecule has 1 unspecified atom stereocenters. The maximum atomic E-state index is 13.4. The standard InChI is InChI=1S/C29H31N5O2/c35-28(22-13-15-30-16-14-22)34-25(17-23-11-6-10-20-7-4-5-12-24(20)23)29(36)32-19-27-31-18-26(33-27)21-8-2-1-3-9-21/h1-12,18,22,25,30H,13-17,19H2,(H,31,33)(H,32,36)(H,34,35). The Labute approximate surface area is 210 Å². The summed E-state index contributed by atoms with van der Waals surface area (Å²) in [5.41, 5.74) is 2.96. The van der Waals surface area contributed by atoms with Crippen LogP contribution < -0.4 is 16.0 Å². The van der Waals surface area contributed by atoms with Gasteiger partial charge in [-0.25, -0.2) is 4.98 Å². The van der Waals surface area contributed by atoms with E-state index in [1.807, 2.05) is 54.6 Å². The predicted octanol–water partition coefficient (Wildman–Crippen LogP) is 3.57. The smallest absolute Gasteiger partial charge is 0.243 e. The first-order valence-electron chi connectivity index (χ1n) is 12.5. The topological polar surface area (TPSA) is 98.9 Å². The molecule has 184 valence electrons. The number of hydrogen-bond donors (Lipinski definition) is 4. The Hall–Kier alpha value is -3.97. The molecular formula is C29H31N5O2. The molecule has 7 heteroatoms. The molecule has 1 aliphatic rings. The van der Waals surface area contributed by atoms with Crippen molar-refractivity contribution < 1.29 is 9.59 Å². The minimum Gasteiger partial charge on any atom is -0.347 e. The summed E-state index contributed by atoms with van der Waals surface area (Å²) in [6.45, 7) is 1.89. The second-order valence-electron chi connectivity index (χ2n) is 9.26. The maximum absolute atomic E-state index is 13.4. The van der Waals surface area contributed by atoms with Gasteiger partial charge in [-0.3, -0.25) is 9.59 Å². The van der Waals surface area contributed by atoms with Crippen LogP contribution in [0.1, 0.15) is 24.2 Å². The van der Waals surface area contributed by atoms with Crippen molar-refractivity contribution in [3.8, 4) is 11.3 Å². The summed E-state index contributed by atoms with van der Waals surface area (Å²) in [6, 6.07) is 23.4. The van der Waals surface area contributed by atoms with Gasteiger partial charge < -0.3 is 20.9 Å². The lowest BCUT2D eigenvalue weighted by molar-refractivity contribution is -0.131. The number of imidazole rings is 1. The van der Waals surface area contributed by atoms with Gasteiger partial charge in [0, 0.05) is 12.3 Å². The van der Waals surface area contributed by atoms with Crippen molar-refractivity contribution in [2.45, 2.75) is 31.8 Å². The van der Waals surface area contributed by atoms with E-state index < -0.39 is 6.04 Å². The highest BCUT2D eigenvalue weighted by Crippen LogP contribution is 2.21. The Bertz CT molecular complexity index is 1320. The highest BCUT2D eigenvalue weighted by molar-refractivity contribution is 5.90. The number of fused-ring (bicyclic) bond motifs is 1. The number of benzene rings is 3. The molecule has 36 heavy (non-hydrogen) atoms. The number of H-pyrrole nitrogens is 1. The Morgan fingerprint density at radius 2 is 1.69 bits per heavy atom. The van der Waals surface area contributed by atoms with Crippen molar-refractivity contribution in [3.63, 3.8) is 0 Å². The van der Waals surface area contributed by atoms with E-state index in [4.69, 9.17) is 0 Å². The van der Waals surface area contributed by atoms with Gasteiger partial charge in [-0.15, -0.1) is 0 Å². The number of nitrogens with one attached hydrogen (secondary N) is 4. The third-order valence-electron chi connectivity index (χ3n) is 6.79. The zero-order valence-electron chi connectivity index (χ0n) is 20.2. The number of carbonyl (C=O) groups excluding carboxylic acids is 2. The quantitative estimate of drug-likeness (QED) is 0.309. The van der Waals surface area contributed by atoms with Crippen LogP contribution in [-0.2, 0) is 22.6 Å². The number of aromatic nitrogens is 2. The molecule has 0 saturated carbocycles. The van der Waals surface area contributed by atoms with E-state index in [0.29, 0.717) is 12.2 Å². The third-order valence-corrected chi connectivity index (χ3v) is 6.79. The summed E-state index contributed by atoms with van der Waals surface area (Å²) in [6.07, 6.45) is 3.74. The van der Waals surface area contributed by atoms with Gasteiger partial charge in [0.2, 0.25) is 11.8 Å². The maximum Gasteiger partial charge on any atom is 0.243 e. The molecule has 4 aromatic rings. The van der Waals surface area contributed by atoms with Crippen molar-refractivity contribution in [1.82, 2.24) is 25.9 Å². The number of nitrogens with zero attached hydrogens (tertiary/aromatic N) is 1. The minimum atomic E-state index is -0.679. The number of rotatable bonds is 8. The lowest BCUT2D eigenvalue weighted by Gasteiger charge is -2.25. The molecule has 1 atom stereocenters. The van der Waals surface area contributed by atoms with Crippen molar-refractivity contribution in [3.05, 3.63) is 90.4 Å². The lowest BCUT2D eigenvalue weighted by atomic mass is 9.95. The first-order valence-corrected chi connectivity index (χ1v) is 12.5. The number of carbonyl (C=O) groups is 2. The molecule has 1 aliphatic heterocycles. The second kappa shape index (κ2) is 11.2. The third kappa shape index (κ3) is 5.63. The molecule has 2 amide bonds. The van der Waals surface area contributed by atoms with E-state index in [1.54, 1.807) is 6.20 Å². The number of hydrogen-bond acceptors (Lipinski definition) is 4. The Morgan fingerprint density at radius 3 is 2.53 bits per heavy atom. The van der Waals surface area contributed by atoms with Crippen molar-refractivity contribution >= 4 is 22.6 Å². The van der Waals surface area contributed by atoms with Gasteiger partial charge in [0.1, 0.15) is 11.9 Å². The fourth-order valence-corrected chi connectivity index (χ4v) is 4.78. The molecule has 1 aromatic heterocycles. The summed E-state index contributed by atoms with van der Waals surface area (Å²) in [7, 11) is 0. The van der Waals surface area contributed by atoms with E-state index in [-0.39, 0.29) is 24.3 Å². The summed E-state index contributed by atoms with van der Waals surface area (Å²) in [4.78, 5) is 34.1. The van der Waals surface area contributed by atoms with Crippen LogP contribution in [-0.4, -0.2) is 40.9 Å². The molecule has 2 heterocycles. The molecule has 3 aromatic carbocycles. The fourth-order valence-electron chi connectivity index (χ4n) is 4.78. The van der Waals surface area contributed by atoms with Crippen LogP contribution >= 0.6 is 0 Å². The molecule has 0 bridgehead atoms. The van der Waals surface area contributed by atoms with Gasteiger partial charge in [0.05, 0.1) is 18.4 Å². The monoisotopic (exact) mass is 481 g/mol. The Morgan fingerprint density at radius 1 is 0.944 bits per heavy atom. The summed E-state index contributed by atoms with van der Waals surface area (Å²) in [5, 5.41) is 11.5. The molecule has 1 fully saturated rings. The number of amides is 2. The summed E-state index contributed by atoms with van der Waals surface area (Å²) in [5.74, 6) is 0.312. The van der Waals surface area contributed by atoms with Crippen molar-refractivity contribution in [2.75, 3.05) is 13.1 Å². The van der Waals surface area contributed by atoms with Gasteiger partial charge >= 0.3 is 0 Å². The van der Waals surface area contributed by atoms with E-state index >= 15 is 0 Å². The van der Waals surface area contributed by atoms with E-state index in [0.717, 1.165) is 53.5 Å². The molecule has 7 nitrogen and oxygen atoms in total. The highest BCUT2D eigenvalue weighted by atomic mass is 16.2. The molecule has 4 N–H and O–H groups in total. The predicted molar refractivity (Wildman–Crippen MR) is 141 cm³/mol. The zero-order chi connectivity index (χ0) is 24.7. The zero-order valence-corrected chi connectivity index (χ0v) is 20.2. The average molecular weight is 482 g/mol. The molecule has 5 rings (SSSR count). The van der Waals surface area contributed by atoms with Gasteiger partial charge in [-0.05, 0) is 47.8 Å². The van der Waals surface area contributed by atoms with Crippen LogP contribution in [0.3, 0.4) is 0 Å². The van der Waals surface area contributed by atoms with Crippen LogP contribution in [0, 0.1) is 5.92 Å². The van der Waals surface area contributed by atoms with E-state index in [1.165, 1.54) is 0 Å². The highest BCUT2D eigenvalue weighted by Gasteiger charge is 2.27. The molecule has 0 radical (unpaired) electrons. The van der Waals surface area contributed by atoms with Crippen LogP contribution in [0.5, 0.6) is 0 Å². The van der Waals surface area contributed by atoms with Crippen molar-refractivity contribution in [2.24, 2.45) is 5.92 Å². The van der Waals surface area contributed by atoms with E-state index in [2.05, 4.69) is 44.1 Å². The van der Waals surface area contributed by atoms with Crippen LogP contribution in [0.25, 0.3) is 22.0 Å². The van der Waals surface area contributed by atoms with Gasteiger partial charge in [0.25, 0.3) is 0 Å². The first-order chi connectivity index (χ1) is 17.7. The second-order valence-corrected chi connectivity index (χ2v) is 9.26. The summed E-state index contributed by atoms with van der Waals surface area (Å²) < 4.78 is 0. The molecular weight excluding hydrogens is 450 g/mol. The Kier molecular flexibility index (Phi) is 7.38. The molecule has 0 spiro atoms. The van der Waals surface area contributed by atoms with Crippen LogP contribution in [0.15, 0.2) is 79.0 Å². The Balaban J connectivity index is 1.31. The van der Waals surface area contributed by atoms with Gasteiger partial charge in [-0.2, -0.15) is 0 Å². The molecule has 0 aliphatic carbocycles. The van der Waals surface area contributed by atoms with Gasteiger partial charge in [-0.1, -0.05) is 72.8 Å². The average Bonchev–Trinajstić information content (AvgIpc) is 3.41. The van der Waals surface area contributed by atoms with E-state index in [9.17, 15) is 9.59 Å². The van der Waals surface area contributed by atoms with Crippen LogP contribution in [0.2, 0.25) is 0 Å². The SMILES string of the molecule is O=C(NC(Cc1cccc2ccccc12)C(=O)NCc1ncc(-c2ccccc2)[nH]1)C1CCNCC1. The minimum absolute atomic E-state index is 0.0544. The normalized spacial score (nSPS) is 14.9. The molecule has 1 saturated heterocycles.